The van der Waals surface area contributed by atoms with Gasteiger partial charge in [0.05, 0.1) is 0 Å². The molecule has 0 aliphatic carbocycles. The lowest BCUT2D eigenvalue weighted by Crippen LogP contribution is -2.25. The van der Waals surface area contributed by atoms with Gasteiger partial charge in [-0.05, 0) is 24.6 Å². The van der Waals surface area contributed by atoms with Crippen molar-refractivity contribution in [3.63, 3.8) is 0 Å². The predicted octanol–water partition coefficient (Wildman–Crippen LogP) is 2.71. The summed E-state index contributed by atoms with van der Waals surface area (Å²) in [6, 6.07) is 8.22. The van der Waals surface area contributed by atoms with Gasteiger partial charge in [0.25, 0.3) is 0 Å². The summed E-state index contributed by atoms with van der Waals surface area (Å²) in [4.78, 5) is 16.1. The minimum absolute atomic E-state index is 0.160. The van der Waals surface area contributed by atoms with Crippen LogP contribution in [0.4, 0.5) is 0 Å². The molecular weight excluding hydrogens is 240 g/mol. The van der Waals surface area contributed by atoms with Crippen molar-refractivity contribution in [1.82, 2.24) is 9.88 Å². The van der Waals surface area contributed by atoms with Gasteiger partial charge in [-0.3, -0.25) is 4.79 Å². The number of aromatic amines is 1. The van der Waals surface area contributed by atoms with Crippen molar-refractivity contribution in [2.75, 3.05) is 13.6 Å². The minimum Gasteiger partial charge on any atom is -0.481 e. The van der Waals surface area contributed by atoms with Crippen LogP contribution in [0.5, 0.6) is 0 Å². The first-order valence-electron chi connectivity index (χ1n) is 6.51. The summed E-state index contributed by atoms with van der Waals surface area (Å²) in [6.45, 7) is 3.58. The molecule has 0 saturated heterocycles. The highest BCUT2D eigenvalue weighted by atomic mass is 16.4. The van der Waals surface area contributed by atoms with Crippen LogP contribution in [-0.4, -0.2) is 34.6 Å². The zero-order valence-corrected chi connectivity index (χ0v) is 11.4. The maximum atomic E-state index is 10.7. The number of carboxylic acid groups (broad SMARTS) is 1. The Hall–Kier alpha value is -1.81. The van der Waals surface area contributed by atoms with Crippen molar-refractivity contribution in [3.05, 3.63) is 36.0 Å². The molecule has 0 aliphatic heterocycles. The number of aliphatic carboxylic acids is 1. The van der Waals surface area contributed by atoms with E-state index in [1.807, 2.05) is 32.3 Å². The van der Waals surface area contributed by atoms with Crippen LogP contribution >= 0.6 is 0 Å². The lowest BCUT2D eigenvalue weighted by atomic mass is 10.1. The molecule has 0 amide bonds. The number of rotatable bonds is 6. The Morgan fingerprint density at radius 1 is 1.42 bits per heavy atom. The fourth-order valence-corrected chi connectivity index (χ4v) is 2.51. The predicted molar refractivity (Wildman–Crippen MR) is 76.0 cm³/mol. The van der Waals surface area contributed by atoms with E-state index in [2.05, 4.69) is 22.0 Å². The zero-order chi connectivity index (χ0) is 13.8. The number of nitrogens with one attached hydrogen (secondary N) is 1. The van der Waals surface area contributed by atoms with Gasteiger partial charge >= 0.3 is 5.97 Å². The Morgan fingerprint density at radius 3 is 2.89 bits per heavy atom. The van der Waals surface area contributed by atoms with E-state index < -0.39 is 5.97 Å². The molecule has 4 nitrogen and oxygen atoms in total. The first-order chi connectivity index (χ1) is 9.06. The summed E-state index contributed by atoms with van der Waals surface area (Å²) >= 11 is 0. The maximum Gasteiger partial charge on any atom is 0.303 e. The average Bonchev–Trinajstić information content (AvgIpc) is 2.71. The number of benzene rings is 1. The second kappa shape index (κ2) is 5.89. The van der Waals surface area contributed by atoms with E-state index in [0.29, 0.717) is 0 Å². The van der Waals surface area contributed by atoms with Crippen molar-refractivity contribution in [3.8, 4) is 0 Å². The van der Waals surface area contributed by atoms with E-state index in [1.165, 1.54) is 10.9 Å². The number of fused-ring (bicyclic) bond motifs is 1. The number of para-hydroxylation sites is 1. The number of nitrogens with zero attached hydrogens (tertiary/aromatic N) is 1. The molecule has 1 atom stereocenters. The number of hydrogen-bond donors (Lipinski definition) is 2. The quantitative estimate of drug-likeness (QED) is 0.839. The Bertz CT molecular complexity index is 562. The number of aromatic nitrogens is 1. The number of carbonyl (C=O) groups is 1. The van der Waals surface area contributed by atoms with Gasteiger partial charge in [-0.2, -0.15) is 0 Å². The molecular formula is C15H20N2O2. The van der Waals surface area contributed by atoms with Gasteiger partial charge in [0.2, 0.25) is 0 Å². The molecule has 1 heterocycles. The second-order valence-corrected chi connectivity index (χ2v) is 5.26. The van der Waals surface area contributed by atoms with Gasteiger partial charge in [0.1, 0.15) is 0 Å². The summed E-state index contributed by atoms with van der Waals surface area (Å²) in [7, 11) is 2.03. The third kappa shape index (κ3) is 3.58. The lowest BCUT2D eigenvalue weighted by molar-refractivity contribution is -0.138. The van der Waals surface area contributed by atoms with Crippen molar-refractivity contribution in [2.24, 2.45) is 5.92 Å². The topological polar surface area (TPSA) is 56.3 Å². The zero-order valence-electron chi connectivity index (χ0n) is 11.4. The molecule has 1 aromatic heterocycles. The molecule has 0 fully saturated rings. The van der Waals surface area contributed by atoms with E-state index in [0.717, 1.165) is 18.6 Å². The number of carboxylic acids is 1. The van der Waals surface area contributed by atoms with Crippen LogP contribution in [0.3, 0.4) is 0 Å². The van der Waals surface area contributed by atoms with Crippen molar-refractivity contribution in [2.45, 2.75) is 19.9 Å². The Kier molecular flexibility index (Phi) is 4.22. The van der Waals surface area contributed by atoms with Crippen LogP contribution in [0.25, 0.3) is 10.9 Å². The summed E-state index contributed by atoms with van der Waals surface area (Å²) in [5.41, 5.74) is 2.39. The third-order valence-corrected chi connectivity index (χ3v) is 3.26. The van der Waals surface area contributed by atoms with Gasteiger partial charge in [-0.15, -0.1) is 0 Å². The highest BCUT2D eigenvalue weighted by molar-refractivity contribution is 5.82. The van der Waals surface area contributed by atoms with E-state index in [4.69, 9.17) is 5.11 Å². The van der Waals surface area contributed by atoms with Crippen LogP contribution < -0.4 is 0 Å². The lowest BCUT2D eigenvalue weighted by Gasteiger charge is -2.20. The third-order valence-electron chi connectivity index (χ3n) is 3.26. The van der Waals surface area contributed by atoms with Crippen LogP contribution in [0.15, 0.2) is 30.5 Å². The fourth-order valence-electron chi connectivity index (χ4n) is 2.51. The molecule has 2 rings (SSSR count). The largest absolute Gasteiger partial charge is 0.481 e. The summed E-state index contributed by atoms with van der Waals surface area (Å²) < 4.78 is 0. The first kappa shape index (κ1) is 13.6. The van der Waals surface area contributed by atoms with Crippen LogP contribution in [0.1, 0.15) is 18.9 Å². The smallest absolute Gasteiger partial charge is 0.303 e. The molecule has 0 spiro atoms. The van der Waals surface area contributed by atoms with Crippen molar-refractivity contribution < 1.29 is 9.90 Å². The molecule has 0 saturated carbocycles. The van der Waals surface area contributed by atoms with Gasteiger partial charge in [-0.25, -0.2) is 0 Å². The fraction of sp³-hybridized carbons (Fsp3) is 0.400. The summed E-state index contributed by atoms with van der Waals surface area (Å²) in [5, 5.41) is 10.0. The maximum absolute atomic E-state index is 10.7. The Balaban J connectivity index is 1.99. The van der Waals surface area contributed by atoms with Gasteiger partial charge in [0.15, 0.2) is 0 Å². The molecule has 0 bridgehead atoms. The van der Waals surface area contributed by atoms with E-state index in [9.17, 15) is 4.79 Å². The molecule has 1 aromatic carbocycles. The number of hydrogen-bond acceptors (Lipinski definition) is 2. The van der Waals surface area contributed by atoms with Crippen LogP contribution in [-0.2, 0) is 11.3 Å². The summed E-state index contributed by atoms with van der Waals surface area (Å²) in [6.07, 6.45) is 2.25. The van der Waals surface area contributed by atoms with Gasteiger partial charge in [-0.1, -0.05) is 25.1 Å². The molecule has 2 N–H and O–H groups in total. The normalized spacial score (nSPS) is 13.0. The molecule has 19 heavy (non-hydrogen) atoms. The van der Waals surface area contributed by atoms with Crippen molar-refractivity contribution >= 4 is 16.9 Å². The highest BCUT2D eigenvalue weighted by Crippen LogP contribution is 2.19. The summed E-state index contributed by atoms with van der Waals surface area (Å²) in [5.74, 6) is -0.569. The number of H-pyrrole nitrogens is 1. The molecule has 1 unspecified atom stereocenters. The molecule has 0 aliphatic rings. The van der Waals surface area contributed by atoms with E-state index >= 15 is 0 Å². The van der Waals surface area contributed by atoms with Crippen LogP contribution in [0, 0.1) is 5.92 Å². The Labute approximate surface area is 113 Å². The minimum atomic E-state index is -0.729. The first-order valence-corrected chi connectivity index (χ1v) is 6.51. The standard InChI is InChI=1S/C15H20N2O2/c1-11(7-15(18)19)9-17(2)10-12-8-16-14-6-4-3-5-13(12)14/h3-6,8,11,16H,7,9-10H2,1-2H3,(H,18,19). The molecule has 0 radical (unpaired) electrons. The average molecular weight is 260 g/mol. The monoisotopic (exact) mass is 260 g/mol. The van der Waals surface area contributed by atoms with E-state index in [-0.39, 0.29) is 12.3 Å². The van der Waals surface area contributed by atoms with Crippen LogP contribution in [0.2, 0.25) is 0 Å². The Morgan fingerprint density at radius 2 is 2.16 bits per heavy atom. The molecule has 102 valence electrons. The van der Waals surface area contributed by atoms with Crippen molar-refractivity contribution in [1.29, 1.82) is 0 Å². The second-order valence-electron chi connectivity index (χ2n) is 5.26. The molecule has 2 aromatic rings. The molecule has 4 heteroatoms. The van der Waals surface area contributed by atoms with Gasteiger partial charge < -0.3 is 15.0 Å². The van der Waals surface area contributed by atoms with E-state index in [1.54, 1.807) is 0 Å². The highest BCUT2D eigenvalue weighted by Gasteiger charge is 2.12. The SMILES string of the molecule is CC(CC(=O)O)CN(C)Cc1c[nH]c2ccccc12. The van der Waals surface area contributed by atoms with Gasteiger partial charge in [0, 0.05) is 36.6 Å².